The molecule has 0 bridgehead atoms. The van der Waals surface area contributed by atoms with Crippen LogP contribution in [0.5, 0.6) is 0 Å². The highest BCUT2D eigenvalue weighted by Crippen LogP contribution is 2.21. The van der Waals surface area contributed by atoms with Gasteiger partial charge in [0.15, 0.2) is 0 Å². The molecule has 1 heterocycles. The van der Waals surface area contributed by atoms with Gasteiger partial charge in [0, 0.05) is 11.3 Å². The van der Waals surface area contributed by atoms with Crippen LogP contribution in [0.4, 0.5) is 0 Å². The summed E-state index contributed by atoms with van der Waals surface area (Å²) in [6.45, 7) is 3.65. The molecule has 25 heavy (non-hydrogen) atoms. The molecule has 2 aromatic rings. The van der Waals surface area contributed by atoms with Crippen molar-refractivity contribution in [2.24, 2.45) is 0 Å². The van der Waals surface area contributed by atoms with Gasteiger partial charge >= 0.3 is 5.97 Å². The number of carbonyl (C=O) groups excluding carboxylic acids is 3. The van der Waals surface area contributed by atoms with Gasteiger partial charge in [0.1, 0.15) is 5.69 Å². The monoisotopic (exact) mass is 343 g/mol. The SMILES string of the molecule is CCCc1c(C(=O)NNC(=O)c2ccccc2)[nH]c(C)c1C(=O)OC. The van der Waals surface area contributed by atoms with Gasteiger partial charge in [-0.05, 0) is 31.0 Å². The Morgan fingerprint density at radius 1 is 1.08 bits per heavy atom. The van der Waals surface area contributed by atoms with Crippen molar-refractivity contribution in [3.8, 4) is 0 Å². The van der Waals surface area contributed by atoms with Crippen LogP contribution < -0.4 is 10.9 Å². The summed E-state index contributed by atoms with van der Waals surface area (Å²) in [4.78, 5) is 39.3. The minimum absolute atomic E-state index is 0.244. The fraction of sp³-hybridized carbons (Fsp3) is 0.278. The summed E-state index contributed by atoms with van der Waals surface area (Å²) < 4.78 is 4.79. The molecule has 0 radical (unpaired) electrons. The van der Waals surface area contributed by atoms with Gasteiger partial charge in [0.25, 0.3) is 11.8 Å². The van der Waals surface area contributed by atoms with Crippen LogP contribution in [-0.2, 0) is 11.2 Å². The van der Waals surface area contributed by atoms with Crippen LogP contribution in [0, 0.1) is 6.92 Å². The fourth-order valence-electron chi connectivity index (χ4n) is 2.59. The quantitative estimate of drug-likeness (QED) is 0.572. The second-order valence-corrected chi connectivity index (χ2v) is 5.49. The second-order valence-electron chi connectivity index (χ2n) is 5.49. The lowest BCUT2D eigenvalue weighted by Gasteiger charge is -2.08. The van der Waals surface area contributed by atoms with Gasteiger partial charge in [-0.15, -0.1) is 0 Å². The number of rotatable bonds is 5. The number of hydrazine groups is 1. The van der Waals surface area contributed by atoms with Gasteiger partial charge in [-0.3, -0.25) is 20.4 Å². The van der Waals surface area contributed by atoms with E-state index in [1.807, 2.05) is 6.92 Å². The van der Waals surface area contributed by atoms with Crippen molar-refractivity contribution in [2.75, 3.05) is 7.11 Å². The van der Waals surface area contributed by atoms with Crippen LogP contribution >= 0.6 is 0 Å². The van der Waals surface area contributed by atoms with Crippen LogP contribution in [0.25, 0.3) is 0 Å². The molecule has 0 atom stereocenters. The summed E-state index contributed by atoms with van der Waals surface area (Å²) in [5.41, 5.74) is 6.90. The first-order valence-electron chi connectivity index (χ1n) is 7.95. The molecule has 3 N–H and O–H groups in total. The maximum Gasteiger partial charge on any atom is 0.339 e. The number of hydrogen-bond acceptors (Lipinski definition) is 4. The van der Waals surface area contributed by atoms with Crippen molar-refractivity contribution in [1.29, 1.82) is 0 Å². The molecule has 0 saturated heterocycles. The molecule has 2 rings (SSSR count). The first-order chi connectivity index (χ1) is 12.0. The molecule has 0 spiro atoms. The molecule has 7 heteroatoms. The average Bonchev–Trinajstić information content (AvgIpc) is 2.96. The predicted octanol–water partition coefficient (Wildman–Crippen LogP) is 2.14. The summed E-state index contributed by atoms with van der Waals surface area (Å²) in [5, 5.41) is 0. The fourth-order valence-corrected chi connectivity index (χ4v) is 2.59. The highest BCUT2D eigenvalue weighted by molar-refractivity contribution is 6.02. The summed E-state index contributed by atoms with van der Waals surface area (Å²) in [6, 6.07) is 8.53. The number of esters is 1. The number of benzene rings is 1. The number of ether oxygens (including phenoxy) is 1. The normalized spacial score (nSPS) is 10.2. The van der Waals surface area contributed by atoms with Crippen LogP contribution in [0.3, 0.4) is 0 Å². The molecule has 0 unspecified atom stereocenters. The molecule has 132 valence electrons. The Morgan fingerprint density at radius 3 is 2.32 bits per heavy atom. The third kappa shape index (κ3) is 4.06. The Bertz CT molecular complexity index is 781. The Labute approximate surface area is 145 Å². The third-order valence-electron chi connectivity index (χ3n) is 3.73. The van der Waals surface area contributed by atoms with Gasteiger partial charge in [0.2, 0.25) is 0 Å². The molecule has 0 aliphatic heterocycles. The molecule has 0 aliphatic rings. The standard InChI is InChI=1S/C18H21N3O4/c1-4-8-13-14(18(24)25-3)11(2)19-15(13)17(23)21-20-16(22)12-9-6-5-7-10-12/h5-7,9-10,19H,4,8H2,1-3H3,(H,20,22)(H,21,23). The number of amides is 2. The topological polar surface area (TPSA) is 100 Å². The van der Waals surface area contributed by atoms with Crippen molar-refractivity contribution in [3.05, 3.63) is 58.4 Å². The van der Waals surface area contributed by atoms with Gasteiger partial charge < -0.3 is 9.72 Å². The minimum atomic E-state index is -0.522. The number of carbonyl (C=O) groups is 3. The van der Waals surface area contributed by atoms with E-state index in [0.29, 0.717) is 28.8 Å². The van der Waals surface area contributed by atoms with Crippen molar-refractivity contribution in [2.45, 2.75) is 26.7 Å². The molecule has 1 aromatic carbocycles. The van der Waals surface area contributed by atoms with E-state index < -0.39 is 17.8 Å². The van der Waals surface area contributed by atoms with Crippen molar-refractivity contribution in [3.63, 3.8) is 0 Å². The van der Waals surface area contributed by atoms with Gasteiger partial charge in [-0.25, -0.2) is 4.79 Å². The van der Waals surface area contributed by atoms with Crippen LogP contribution in [0.2, 0.25) is 0 Å². The zero-order valence-corrected chi connectivity index (χ0v) is 14.4. The first-order valence-corrected chi connectivity index (χ1v) is 7.95. The number of nitrogens with one attached hydrogen (secondary N) is 3. The molecule has 0 fully saturated rings. The van der Waals surface area contributed by atoms with E-state index in [-0.39, 0.29) is 5.69 Å². The lowest BCUT2D eigenvalue weighted by Crippen LogP contribution is -2.42. The molecule has 1 aromatic heterocycles. The average molecular weight is 343 g/mol. The molecule has 0 aliphatic carbocycles. The predicted molar refractivity (Wildman–Crippen MR) is 92.2 cm³/mol. The Kier molecular flexibility index (Phi) is 5.94. The van der Waals surface area contributed by atoms with E-state index in [1.54, 1.807) is 37.3 Å². The first kappa shape index (κ1) is 18.3. The van der Waals surface area contributed by atoms with E-state index in [0.717, 1.165) is 6.42 Å². The second kappa shape index (κ2) is 8.14. The molecular formula is C18H21N3O4. The number of H-pyrrole nitrogens is 1. The van der Waals surface area contributed by atoms with Crippen LogP contribution in [0.15, 0.2) is 30.3 Å². The maximum absolute atomic E-state index is 12.4. The number of methoxy groups -OCH3 is 1. The Hall–Kier alpha value is -3.09. The molecule has 7 nitrogen and oxygen atoms in total. The molecular weight excluding hydrogens is 322 g/mol. The van der Waals surface area contributed by atoms with E-state index in [4.69, 9.17) is 4.74 Å². The summed E-state index contributed by atoms with van der Waals surface area (Å²) in [5.74, 6) is -1.45. The maximum atomic E-state index is 12.4. The van der Waals surface area contributed by atoms with E-state index >= 15 is 0 Å². The molecule has 2 amide bonds. The van der Waals surface area contributed by atoms with Gasteiger partial charge in [-0.1, -0.05) is 31.5 Å². The van der Waals surface area contributed by atoms with Gasteiger partial charge in [0.05, 0.1) is 12.7 Å². The third-order valence-corrected chi connectivity index (χ3v) is 3.73. The van der Waals surface area contributed by atoms with E-state index in [2.05, 4.69) is 15.8 Å². The number of aryl methyl sites for hydroxylation is 1. The van der Waals surface area contributed by atoms with E-state index in [9.17, 15) is 14.4 Å². The largest absolute Gasteiger partial charge is 0.465 e. The van der Waals surface area contributed by atoms with E-state index in [1.165, 1.54) is 7.11 Å². The van der Waals surface area contributed by atoms with Crippen LogP contribution in [-0.4, -0.2) is 29.9 Å². The smallest absolute Gasteiger partial charge is 0.339 e. The minimum Gasteiger partial charge on any atom is -0.465 e. The number of aromatic amines is 1. The van der Waals surface area contributed by atoms with Crippen molar-refractivity contribution in [1.82, 2.24) is 15.8 Å². The summed E-state index contributed by atoms with van der Waals surface area (Å²) >= 11 is 0. The van der Waals surface area contributed by atoms with Crippen molar-refractivity contribution < 1.29 is 19.1 Å². The number of aromatic nitrogens is 1. The lowest BCUT2D eigenvalue weighted by atomic mass is 10.0. The Morgan fingerprint density at radius 2 is 1.72 bits per heavy atom. The van der Waals surface area contributed by atoms with Gasteiger partial charge in [-0.2, -0.15) is 0 Å². The Balaban J connectivity index is 2.18. The highest BCUT2D eigenvalue weighted by atomic mass is 16.5. The molecule has 0 saturated carbocycles. The summed E-state index contributed by atoms with van der Waals surface area (Å²) in [7, 11) is 1.30. The summed E-state index contributed by atoms with van der Waals surface area (Å²) in [6.07, 6.45) is 1.28. The zero-order chi connectivity index (χ0) is 18.4. The van der Waals surface area contributed by atoms with Crippen LogP contribution in [0.1, 0.15) is 55.8 Å². The van der Waals surface area contributed by atoms with Crippen molar-refractivity contribution >= 4 is 17.8 Å². The highest BCUT2D eigenvalue weighted by Gasteiger charge is 2.24. The lowest BCUT2D eigenvalue weighted by molar-refractivity contribution is 0.0598. The zero-order valence-electron chi connectivity index (χ0n) is 14.4. The number of hydrogen-bond donors (Lipinski definition) is 3.